The van der Waals surface area contributed by atoms with E-state index in [-0.39, 0.29) is 36.6 Å². The molecule has 0 radical (unpaired) electrons. The molecule has 0 unspecified atom stereocenters. The van der Waals surface area contributed by atoms with Gasteiger partial charge in [0.1, 0.15) is 0 Å². The van der Waals surface area contributed by atoms with E-state index in [0.717, 1.165) is 25.7 Å². The zero-order chi connectivity index (χ0) is 18.0. The molecule has 1 N–H and O–H groups in total. The Balaban J connectivity index is 1.69. The van der Waals surface area contributed by atoms with Crippen LogP contribution < -0.4 is 11.2 Å². The molecule has 1 saturated heterocycles. The number of hydrogen-bond acceptors (Lipinski definition) is 5. The number of likely N-dealkylation sites (tertiary alicyclic amines) is 1. The van der Waals surface area contributed by atoms with Crippen molar-refractivity contribution in [2.45, 2.75) is 56.4 Å². The molecular weight excluding hydrogens is 326 g/mol. The maximum atomic E-state index is 12.7. The van der Waals surface area contributed by atoms with Crippen molar-refractivity contribution < 1.29 is 14.3 Å². The van der Waals surface area contributed by atoms with Gasteiger partial charge in [0.15, 0.2) is 0 Å². The highest BCUT2D eigenvalue weighted by Crippen LogP contribution is 2.43. The minimum Gasteiger partial charge on any atom is -0.381 e. The summed E-state index contributed by atoms with van der Waals surface area (Å²) < 4.78 is 12.7. The topological polar surface area (TPSA) is 93.6 Å². The molecule has 3 atom stereocenters. The summed E-state index contributed by atoms with van der Waals surface area (Å²) in [6, 6.07) is 1.29. The van der Waals surface area contributed by atoms with E-state index in [1.54, 1.807) is 14.2 Å². The van der Waals surface area contributed by atoms with Gasteiger partial charge < -0.3 is 18.9 Å². The predicted molar refractivity (Wildman–Crippen MR) is 90.4 cm³/mol. The van der Waals surface area contributed by atoms with Gasteiger partial charge in [-0.15, -0.1) is 0 Å². The number of H-pyrrole nitrogens is 1. The van der Waals surface area contributed by atoms with Crippen molar-refractivity contribution in [2.24, 2.45) is 0 Å². The zero-order valence-corrected chi connectivity index (χ0v) is 14.7. The van der Waals surface area contributed by atoms with Crippen LogP contribution in [0.25, 0.3) is 0 Å². The Hall–Kier alpha value is -1.93. The summed E-state index contributed by atoms with van der Waals surface area (Å²) in [6.07, 6.45) is 5.19. The zero-order valence-electron chi connectivity index (χ0n) is 14.7. The highest BCUT2D eigenvalue weighted by molar-refractivity contribution is 5.77. The van der Waals surface area contributed by atoms with Crippen LogP contribution in [0.1, 0.15) is 32.1 Å². The summed E-state index contributed by atoms with van der Waals surface area (Å²) in [7, 11) is 3.42. The molecule has 1 aromatic heterocycles. The third-order valence-electron chi connectivity index (χ3n) is 5.66. The normalized spacial score (nSPS) is 28.8. The number of fused-ring (bicyclic) bond motifs is 1. The van der Waals surface area contributed by atoms with Gasteiger partial charge in [-0.3, -0.25) is 14.6 Å². The number of hydrogen-bond donors (Lipinski definition) is 1. The molecule has 0 spiro atoms. The van der Waals surface area contributed by atoms with Crippen LogP contribution in [0.3, 0.4) is 0 Å². The standard InChI is InChI=1S/C17H25N3O5/c1-24-12-3-6-17(25-2)7-10-20(13(17)11-12)15(22)5-9-19-8-4-14(21)18-16(19)23/h4,8,12-13H,3,5-7,9-11H2,1-2H3,(H,18,21,23)/t12-,13+,17-/m1/s1. The second-order valence-corrected chi connectivity index (χ2v) is 6.81. The number of ether oxygens (including phenoxy) is 2. The highest BCUT2D eigenvalue weighted by atomic mass is 16.5. The van der Waals surface area contributed by atoms with Gasteiger partial charge in [0.25, 0.3) is 5.56 Å². The molecule has 2 aliphatic rings. The van der Waals surface area contributed by atoms with Gasteiger partial charge in [-0.05, 0) is 25.7 Å². The van der Waals surface area contributed by atoms with E-state index < -0.39 is 11.2 Å². The lowest BCUT2D eigenvalue weighted by Crippen LogP contribution is -2.53. The number of aromatic amines is 1. The van der Waals surface area contributed by atoms with Crippen LogP contribution in [0.2, 0.25) is 0 Å². The second kappa shape index (κ2) is 7.13. The lowest BCUT2D eigenvalue weighted by Gasteiger charge is -2.43. The first-order valence-corrected chi connectivity index (χ1v) is 8.66. The van der Waals surface area contributed by atoms with Crippen molar-refractivity contribution in [1.82, 2.24) is 14.5 Å². The SMILES string of the molecule is CO[C@@H]1CC[C@@]2(OC)CCN(C(=O)CCn3ccc(=O)[nH]c3=O)[C@H]2C1. The Morgan fingerprint density at radius 3 is 2.84 bits per heavy atom. The van der Waals surface area contributed by atoms with Crippen molar-refractivity contribution in [3.63, 3.8) is 0 Å². The molecule has 1 aliphatic heterocycles. The number of aromatic nitrogens is 2. The van der Waals surface area contributed by atoms with Crippen LogP contribution in [0.4, 0.5) is 0 Å². The average molecular weight is 351 g/mol. The summed E-state index contributed by atoms with van der Waals surface area (Å²) in [5.41, 5.74) is -1.21. The van der Waals surface area contributed by atoms with Gasteiger partial charge in [0, 0.05) is 46.0 Å². The lowest BCUT2D eigenvalue weighted by molar-refractivity contribution is -0.141. The Morgan fingerprint density at radius 1 is 1.36 bits per heavy atom. The number of amides is 1. The third kappa shape index (κ3) is 3.41. The molecule has 138 valence electrons. The Labute approximate surface area is 145 Å². The summed E-state index contributed by atoms with van der Waals surface area (Å²) >= 11 is 0. The van der Waals surface area contributed by atoms with Crippen LogP contribution in [-0.4, -0.2) is 58.9 Å². The summed E-state index contributed by atoms with van der Waals surface area (Å²) in [6.45, 7) is 0.902. The van der Waals surface area contributed by atoms with E-state index in [9.17, 15) is 14.4 Å². The molecule has 1 amide bonds. The molecule has 2 fully saturated rings. The molecule has 8 nitrogen and oxygen atoms in total. The quantitative estimate of drug-likeness (QED) is 0.813. The van der Waals surface area contributed by atoms with Crippen molar-refractivity contribution in [2.75, 3.05) is 20.8 Å². The lowest BCUT2D eigenvalue weighted by atomic mass is 9.79. The van der Waals surface area contributed by atoms with Crippen molar-refractivity contribution in [3.8, 4) is 0 Å². The smallest absolute Gasteiger partial charge is 0.328 e. The highest BCUT2D eigenvalue weighted by Gasteiger charge is 2.52. The molecule has 1 aliphatic carbocycles. The number of carbonyl (C=O) groups is 1. The Kier molecular flexibility index (Phi) is 5.10. The van der Waals surface area contributed by atoms with Crippen molar-refractivity contribution in [1.29, 1.82) is 0 Å². The first-order valence-electron chi connectivity index (χ1n) is 8.66. The Bertz CT molecular complexity index is 742. The van der Waals surface area contributed by atoms with Crippen LogP contribution in [0.5, 0.6) is 0 Å². The number of aryl methyl sites for hydroxylation is 1. The van der Waals surface area contributed by atoms with Gasteiger partial charge in [-0.1, -0.05) is 0 Å². The number of nitrogens with one attached hydrogen (secondary N) is 1. The van der Waals surface area contributed by atoms with Crippen molar-refractivity contribution in [3.05, 3.63) is 33.1 Å². The van der Waals surface area contributed by atoms with Crippen LogP contribution >= 0.6 is 0 Å². The Morgan fingerprint density at radius 2 is 2.16 bits per heavy atom. The summed E-state index contributed by atoms with van der Waals surface area (Å²) in [5, 5.41) is 0. The predicted octanol–water partition coefficient (Wildman–Crippen LogP) is 0.112. The van der Waals surface area contributed by atoms with E-state index in [1.165, 1.54) is 16.8 Å². The number of rotatable bonds is 5. The molecule has 1 saturated carbocycles. The van der Waals surface area contributed by atoms with E-state index in [1.807, 2.05) is 4.90 Å². The monoisotopic (exact) mass is 351 g/mol. The van der Waals surface area contributed by atoms with E-state index in [0.29, 0.717) is 6.54 Å². The molecule has 0 bridgehead atoms. The summed E-state index contributed by atoms with van der Waals surface area (Å²) in [5.74, 6) is -0.00113. The number of carbonyl (C=O) groups excluding carboxylic acids is 1. The first-order chi connectivity index (χ1) is 12.0. The van der Waals surface area contributed by atoms with Gasteiger partial charge >= 0.3 is 5.69 Å². The molecule has 0 aromatic carbocycles. The fourth-order valence-corrected chi connectivity index (χ4v) is 4.15. The van der Waals surface area contributed by atoms with E-state index >= 15 is 0 Å². The van der Waals surface area contributed by atoms with Gasteiger partial charge in [-0.25, -0.2) is 4.79 Å². The average Bonchev–Trinajstić information content (AvgIpc) is 2.99. The molecule has 8 heteroatoms. The third-order valence-corrected chi connectivity index (χ3v) is 5.66. The molecule has 3 rings (SSSR count). The largest absolute Gasteiger partial charge is 0.381 e. The second-order valence-electron chi connectivity index (χ2n) is 6.81. The van der Waals surface area contributed by atoms with Crippen LogP contribution in [0.15, 0.2) is 21.9 Å². The first kappa shape index (κ1) is 17.9. The minimum atomic E-state index is -0.495. The summed E-state index contributed by atoms with van der Waals surface area (Å²) in [4.78, 5) is 39.7. The van der Waals surface area contributed by atoms with Gasteiger partial charge in [-0.2, -0.15) is 0 Å². The molecule has 25 heavy (non-hydrogen) atoms. The molecule has 1 aromatic rings. The van der Waals surface area contributed by atoms with E-state index in [2.05, 4.69) is 4.98 Å². The van der Waals surface area contributed by atoms with Crippen LogP contribution in [-0.2, 0) is 20.8 Å². The van der Waals surface area contributed by atoms with Gasteiger partial charge in [0.2, 0.25) is 5.91 Å². The maximum absolute atomic E-state index is 12.7. The fraction of sp³-hybridized carbons (Fsp3) is 0.706. The molecular formula is C17H25N3O5. The van der Waals surface area contributed by atoms with Crippen LogP contribution in [0, 0.1) is 0 Å². The maximum Gasteiger partial charge on any atom is 0.328 e. The van der Waals surface area contributed by atoms with Gasteiger partial charge in [0.05, 0.1) is 17.7 Å². The number of nitrogens with zero attached hydrogens (tertiary/aromatic N) is 2. The fourth-order valence-electron chi connectivity index (χ4n) is 4.15. The van der Waals surface area contributed by atoms with E-state index in [4.69, 9.17) is 9.47 Å². The minimum absolute atomic E-state index is 0.00113. The molecule has 2 heterocycles. The number of methoxy groups -OCH3 is 2. The van der Waals surface area contributed by atoms with Crippen molar-refractivity contribution >= 4 is 5.91 Å².